The maximum atomic E-state index is 13.1. The Labute approximate surface area is 156 Å². The summed E-state index contributed by atoms with van der Waals surface area (Å²) in [5, 5.41) is 9.20. The zero-order chi connectivity index (χ0) is 21.9. The summed E-state index contributed by atoms with van der Waals surface area (Å²) in [6.45, 7) is -0.670. The second-order valence-electron chi connectivity index (χ2n) is 6.41. The Hall–Kier alpha value is -2.85. The first kappa shape index (κ1) is 14.2. The van der Waals surface area contributed by atoms with Gasteiger partial charge >= 0.3 is 12.1 Å². The molecule has 1 aliphatic heterocycles. The number of aryl methyl sites for hydroxylation is 1. The van der Waals surface area contributed by atoms with Gasteiger partial charge in [-0.3, -0.25) is 9.48 Å². The van der Waals surface area contributed by atoms with Gasteiger partial charge in [0.1, 0.15) is 22.6 Å². The largest absolute Gasteiger partial charge is 0.465 e. The summed E-state index contributed by atoms with van der Waals surface area (Å²) in [5.41, 5.74) is -1.79. The highest BCUT2D eigenvalue weighted by atomic mass is 19.4. The van der Waals surface area contributed by atoms with Crippen LogP contribution < -0.4 is 10.6 Å². The van der Waals surface area contributed by atoms with Crippen LogP contribution >= 0.6 is 0 Å². The molecule has 1 saturated carbocycles. The van der Waals surface area contributed by atoms with Gasteiger partial charge in [-0.1, -0.05) is 0 Å². The van der Waals surface area contributed by atoms with Crippen LogP contribution in [0.4, 0.5) is 30.8 Å². The minimum absolute atomic E-state index is 0.0690. The third kappa shape index (κ3) is 2.77. The fourth-order valence-electron chi connectivity index (χ4n) is 3.26. The fraction of sp³-hybridized carbons (Fsp3) is 0.500. The molecule has 1 saturated heterocycles. The van der Waals surface area contributed by atoms with Crippen molar-refractivity contribution in [3.8, 4) is 0 Å². The number of cyclic esters (lactones) is 1. The zero-order valence-corrected chi connectivity index (χ0v) is 14.1. The number of rotatable bonds is 5. The lowest BCUT2D eigenvalue weighted by atomic mass is 10.0. The van der Waals surface area contributed by atoms with E-state index in [-0.39, 0.29) is 36.5 Å². The fourth-order valence-corrected chi connectivity index (χ4v) is 3.26. The van der Waals surface area contributed by atoms with E-state index in [0.29, 0.717) is 17.3 Å². The monoisotopic (exact) mass is 385 g/mol. The molecule has 144 valence electrons. The lowest BCUT2D eigenvalue weighted by Crippen LogP contribution is -2.19. The SMILES string of the molecule is [2H]C([2H])([2H])n1nc([C@@]23C[C@@H]2COC3=O)cc1Nc1ncc(C(F)(F)F)c(NCC)n1. The van der Waals surface area contributed by atoms with E-state index in [2.05, 4.69) is 25.7 Å². The van der Waals surface area contributed by atoms with E-state index in [4.69, 9.17) is 8.85 Å². The molecule has 0 spiro atoms. The summed E-state index contributed by atoms with van der Waals surface area (Å²) in [6.07, 6.45) is -3.55. The third-order valence-corrected chi connectivity index (χ3v) is 4.73. The highest BCUT2D eigenvalue weighted by molar-refractivity contribution is 5.89. The molecule has 2 atom stereocenters. The van der Waals surface area contributed by atoms with Crippen LogP contribution in [-0.4, -0.2) is 38.9 Å². The molecule has 0 unspecified atom stereocenters. The number of ether oxygens (including phenoxy) is 1. The number of hydrogen-bond donors (Lipinski definition) is 2. The smallest absolute Gasteiger partial charge is 0.421 e. The lowest BCUT2D eigenvalue weighted by molar-refractivity contribution is -0.142. The maximum absolute atomic E-state index is 13.1. The van der Waals surface area contributed by atoms with E-state index < -0.39 is 35.9 Å². The highest BCUT2D eigenvalue weighted by Gasteiger charge is 2.68. The van der Waals surface area contributed by atoms with E-state index in [1.165, 1.54) is 6.07 Å². The first-order valence-corrected chi connectivity index (χ1v) is 8.20. The van der Waals surface area contributed by atoms with Crippen LogP contribution in [0.2, 0.25) is 0 Å². The Morgan fingerprint density at radius 3 is 2.93 bits per heavy atom. The molecular weight excluding hydrogens is 365 g/mol. The third-order valence-electron chi connectivity index (χ3n) is 4.73. The van der Waals surface area contributed by atoms with E-state index >= 15 is 0 Å². The van der Waals surface area contributed by atoms with Gasteiger partial charge < -0.3 is 15.4 Å². The predicted octanol–water partition coefficient (Wildman–Crippen LogP) is 2.22. The van der Waals surface area contributed by atoms with Crippen LogP contribution in [0.1, 0.15) is 28.7 Å². The Morgan fingerprint density at radius 1 is 1.52 bits per heavy atom. The van der Waals surface area contributed by atoms with Gasteiger partial charge in [-0.25, -0.2) is 4.98 Å². The molecule has 0 radical (unpaired) electrons. The van der Waals surface area contributed by atoms with Crippen molar-refractivity contribution in [2.24, 2.45) is 12.9 Å². The van der Waals surface area contributed by atoms with Crippen LogP contribution in [0.3, 0.4) is 0 Å². The molecule has 0 bridgehead atoms. The molecule has 0 amide bonds. The topological polar surface area (TPSA) is 94.0 Å². The summed E-state index contributed by atoms with van der Waals surface area (Å²) in [5.74, 6) is -1.31. The van der Waals surface area contributed by atoms with E-state index in [1.54, 1.807) is 6.92 Å². The lowest BCUT2D eigenvalue weighted by Gasteiger charge is -2.13. The number of anilines is 3. The van der Waals surface area contributed by atoms with Crippen LogP contribution in [-0.2, 0) is 28.1 Å². The van der Waals surface area contributed by atoms with Crippen LogP contribution in [0.25, 0.3) is 0 Å². The number of carbonyl (C=O) groups is 1. The molecule has 2 aromatic rings. The van der Waals surface area contributed by atoms with Gasteiger partial charge in [0, 0.05) is 35.8 Å². The second kappa shape index (κ2) is 5.83. The molecule has 3 heterocycles. The average Bonchev–Trinajstić information content (AvgIpc) is 3.06. The minimum atomic E-state index is -4.66. The Balaban J connectivity index is 1.71. The van der Waals surface area contributed by atoms with Crippen molar-refractivity contribution < 1.29 is 26.8 Å². The van der Waals surface area contributed by atoms with Gasteiger partial charge in [0.05, 0.1) is 12.3 Å². The first-order valence-electron chi connectivity index (χ1n) is 9.70. The van der Waals surface area contributed by atoms with Gasteiger partial charge in [-0.05, 0) is 13.3 Å². The van der Waals surface area contributed by atoms with E-state index in [9.17, 15) is 18.0 Å². The van der Waals surface area contributed by atoms with E-state index in [0.717, 1.165) is 0 Å². The van der Waals surface area contributed by atoms with Crippen molar-refractivity contribution in [2.75, 3.05) is 23.8 Å². The van der Waals surface area contributed by atoms with Crippen molar-refractivity contribution in [2.45, 2.75) is 24.9 Å². The van der Waals surface area contributed by atoms with Crippen molar-refractivity contribution in [3.63, 3.8) is 0 Å². The summed E-state index contributed by atoms with van der Waals surface area (Å²) < 4.78 is 68.2. The molecule has 11 heteroatoms. The summed E-state index contributed by atoms with van der Waals surface area (Å²) in [6, 6.07) is 1.37. The number of hydrogen-bond acceptors (Lipinski definition) is 7. The number of nitrogens with one attached hydrogen (secondary N) is 2. The Kier molecular flexibility index (Phi) is 3.07. The summed E-state index contributed by atoms with van der Waals surface area (Å²) in [7, 11) is 0. The highest BCUT2D eigenvalue weighted by Crippen LogP contribution is 2.58. The normalized spacial score (nSPS) is 25.9. The molecule has 1 aliphatic carbocycles. The number of fused-ring (bicyclic) bond motifs is 1. The first-order chi connectivity index (χ1) is 14.0. The zero-order valence-electron chi connectivity index (χ0n) is 17.1. The molecule has 4 rings (SSSR count). The van der Waals surface area contributed by atoms with Crippen LogP contribution in [0.5, 0.6) is 0 Å². The van der Waals surface area contributed by atoms with Crippen LogP contribution in [0.15, 0.2) is 12.3 Å². The van der Waals surface area contributed by atoms with Crippen molar-refractivity contribution >= 4 is 23.6 Å². The Bertz CT molecular complexity index is 1010. The number of carbonyl (C=O) groups excluding carboxylic acids is 1. The number of halogens is 3. The van der Waals surface area contributed by atoms with Gasteiger partial charge in [-0.2, -0.15) is 23.3 Å². The molecule has 2 N–H and O–H groups in total. The van der Waals surface area contributed by atoms with Gasteiger partial charge in [0.25, 0.3) is 0 Å². The van der Waals surface area contributed by atoms with Crippen molar-refractivity contribution in [3.05, 3.63) is 23.5 Å². The number of alkyl halides is 3. The van der Waals surface area contributed by atoms with Crippen LogP contribution in [0, 0.1) is 5.92 Å². The molecule has 2 fully saturated rings. The van der Waals surface area contributed by atoms with Crippen molar-refractivity contribution in [1.29, 1.82) is 0 Å². The average molecular weight is 385 g/mol. The second-order valence-corrected chi connectivity index (χ2v) is 6.41. The quantitative estimate of drug-likeness (QED) is 0.762. The van der Waals surface area contributed by atoms with Gasteiger partial charge in [-0.15, -0.1) is 0 Å². The summed E-state index contributed by atoms with van der Waals surface area (Å²) in [4.78, 5) is 19.6. The number of esters is 1. The number of aromatic nitrogens is 4. The predicted molar refractivity (Wildman–Crippen MR) is 88.4 cm³/mol. The van der Waals surface area contributed by atoms with Gasteiger partial charge in [0.15, 0.2) is 0 Å². The maximum Gasteiger partial charge on any atom is 0.421 e. The molecule has 27 heavy (non-hydrogen) atoms. The minimum Gasteiger partial charge on any atom is -0.465 e. The molecular formula is C16H17F3N6O2. The van der Waals surface area contributed by atoms with Crippen molar-refractivity contribution in [1.82, 2.24) is 19.7 Å². The van der Waals surface area contributed by atoms with Gasteiger partial charge in [0.2, 0.25) is 5.95 Å². The molecule has 8 nitrogen and oxygen atoms in total. The molecule has 2 aromatic heterocycles. The van der Waals surface area contributed by atoms with E-state index in [1.807, 2.05) is 0 Å². The Morgan fingerprint density at radius 2 is 2.33 bits per heavy atom. The number of nitrogens with zero attached hydrogens (tertiary/aromatic N) is 4. The standard InChI is InChI=1S/C16H17F3N6O2/c1-3-20-12-9(16(17,18)19)6-21-14(23-12)22-11-4-10(24-25(11)2)15-5-8(15)7-27-13(15)26/h4,6,8H,3,5,7H2,1-2H3,(H2,20,21,22,23)/t8-,15-/m1/s1/i2D3. The molecule has 0 aromatic carbocycles. The molecule has 2 aliphatic rings. The summed E-state index contributed by atoms with van der Waals surface area (Å²) >= 11 is 0.